The van der Waals surface area contributed by atoms with E-state index >= 15 is 0 Å². The van der Waals surface area contributed by atoms with Crippen molar-refractivity contribution in [3.8, 4) is 0 Å². The Labute approximate surface area is 259 Å². The van der Waals surface area contributed by atoms with Crippen LogP contribution in [0.15, 0.2) is 49.1 Å². The van der Waals surface area contributed by atoms with Crippen LogP contribution >= 0.6 is 0 Å². The van der Waals surface area contributed by atoms with Gasteiger partial charge in [-0.3, -0.25) is 0 Å². The average molecular weight is 684 g/mol. The summed E-state index contributed by atoms with van der Waals surface area (Å²) in [5, 5.41) is 7.66. The first kappa shape index (κ1) is 33.0. The quantitative estimate of drug-likeness (QED) is 0.0641. The first-order valence-electron chi connectivity index (χ1n) is 12.8. The van der Waals surface area contributed by atoms with Gasteiger partial charge in [-0.1, -0.05) is 12.1 Å². The molecule has 0 aliphatic rings. The van der Waals surface area contributed by atoms with Crippen LogP contribution in [0.4, 0.5) is 76.2 Å². The van der Waals surface area contributed by atoms with Gasteiger partial charge < -0.3 is 31.2 Å². The molecule has 2 aromatic heterocycles. The van der Waals surface area contributed by atoms with E-state index in [1.165, 1.54) is 24.8 Å². The smallest absolute Gasteiger partial charge is 0.323 e. The highest BCUT2D eigenvalue weighted by Gasteiger charge is 2.28. The van der Waals surface area contributed by atoms with Crippen LogP contribution in [0.1, 0.15) is 0 Å². The number of para-hydroxylation sites is 2. The van der Waals surface area contributed by atoms with Gasteiger partial charge in [0.1, 0.15) is 22.4 Å². The summed E-state index contributed by atoms with van der Waals surface area (Å²) in [4.78, 5) is 37.1. The van der Waals surface area contributed by atoms with Gasteiger partial charge in [-0.2, -0.15) is 0 Å². The number of aromatic nitrogens is 4. The number of nitrogens with one attached hydrogen (secondary N) is 6. The Kier molecular flexibility index (Phi) is 9.07. The van der Waals surface area contributed by atoms with Crippen molar-refractivity contribution in [2.75, 3.05) is 21.3 Å². The molecule has 2 heterocycles. The Hall–Kier alpha value is -6.34. The minimum Gasteiger partial charge on any atom is -0.345 e. The monoisotopic (exact) mass is 684 g/mol. The van der Waals surface area contributed by atoms with E-state index in [0.29, 0.717) is 22.1 Å². The molecule has 0 fully saturated rings. The fraction of sp³-hybridized carbons (Fsp3) is 0. The number of imidazole rings is 2. The fourth-order valence-corrected chi connectivity index (χ4v) is 4.10. The Morgan fingerprint density at radius 3 is 1.10 bits per heavy atom. The third kappa shape index (κ3) is 6.22. The van der Waals surface area contributed by atoms with Gasteiger partial charge in [0.05, 0.1) is 35.1 Å². The van der Waals surface area contributed by atoms with E-state index in [4.69, 9.17) is 0 Å². The maximum Gasteiger partial charge on any atom is 0.323 e. The largest absolute Gasteiger partial charge is 0.345 e. The molecule has 0 unspecified atom stereocenters. The second-order valence-corrected chi connectivity index (χ2v) is 9.26. The van der Waals surface area contributed by atoms with Crippen LogP contribution in [0.2, 0.25) is 0 Å². The number of H-pyrrole nitrogens is 2. The molecule has 48 heavy (non-hydrogen) atoms. The molecule has 4 amide bonds. The minimum absolute atomic E-state index is 0.176. The van der Waals surface area contributed by atoms with Crippen LogP contribution in [0.5, 0.6) is 0 Å². The summed E-state index contributed by atoms with van der Waals surface area (Å²) < 4.78 is 132. The van der Waals surface area contributed by atoms with Crippen molar-refractivity contribution in [3.05, 3.63) is 107 Å². The zero-order valence-corrected chi connectivity index (χ0v) is 23.1. The summed E-state index contributed by atoms with van der Waals surface area (Å²) in [6.45, 7) is 0. The number of fused-ring (bicyclic) bond motifs is 2. The van der Waals surface area contributed by atoms with Crippen LogP contribution in [-0.2, 0) is 0 Å². The van der Waals surface area contributed by atoms with E-state index < -0.39 is 81.6 Å². The molecule has 0 aliphatic carbocycles. The maximum atomic E-state index is 13.5. The Balaban J connectivity index is 0.000000188. The number of rotatable bonds is 4. The van der Waals surface area contributed by atoms with E-state index in [2.05, 4.69) is 30.6 Å². The molecule has 0 spiro atoms. The zero-order valence-electron chi connectivity index (χ0n) is 23.1. The van der Waals surface area contributed by atoms with E-state index in [1.807, 2.05) is 0 Å². The minimum atomic E-state index is -2.31. The van der Waals surface area contributed by atoms with Crippen LogP contribution in [0.25, 0.3) is 22.1 Å². The fourth-order valence-electron chi connectivity index (χ4n) is 4.10. The van der Waals surface area contributed by atoms with Gasteiger partial charge in [-0.05, 0) is 24.3 Å². The molecule has 0 saturated heterocycles. The van der Waals surface area contributed by atoms with Crippen molar-refractivity contribution in [2.24, 2.45) is 0 Å². The van der Waals surface area contributed by atoms with Gasteiger partial charge in [-0.25, -0.2) is 63.5 Å². The lowest BCUT2D eigenvalue weighted by atomic mass is 10.2. The molecular weight excluding hydrogens is 670 g/mol. The van der Waals surface area contributed by atoms with Crippen LogP contribution < -0.4 is 21.3 Å². The van der Waals surface area contributed by atoms with Crippen molar-refractivity contribution in [2.45, 2.75) is 0 Å². The molecule has 248 valence electrons. The van der Waals surface area contributed by atoms with Crippen molar-refractivity contribution in [1.29, 1.82) is 0 Å². The van der Waals surface area contributed by atoms with Crippen LogP contribution in [0, 0.1) is 58.2 Å². The Morgan fingerprint density at radius 1 is 0.458 bits per heavy atom. The SMILES string of the molecule is O=C(Nc1c(F)c(F)c(F)c(F)c1F)Nc1cccc2[nH]cnc12.O=C(Nc1c(F)c(F)c(F)c(F)c1F)Nc1cccc2[nH]cnc12. The van der Waals surface area contributed by atoms with Gasteiger partial charge >= 0.3 is 12.1 Å². The summed E-state index contributed by atoms with van der Waals surface area (Å²) >= 11 is 0. The third-order valence-corrected chi connectivity index (χ3v) is 6.29. The van der Waals surface area contributed by atoms with Crippen LogP contribution in [0.3, 0.4) is 0 Å². The Bertz CT molecular complexity index is 2010. The zero-order chi connectivity index (χ0) is 34.9. The average Bonchev–Trinajstić information content (AvgIpc) is 3.77. The predicted molar refractivity (Wildman–Crippen MR) is 150 cm³/mol. The molecule has 4 aromatic carbocycles. The molecule has 0 atom stereocenters. The molecule has 10 nitrogen and oxygen atoms in total. The summed E-state index contributed by atoms with van der Waals surface area (Å²) in [6, 6.07) is 6.94. The summed E-state index contributed by atoms with van der Waals surface area (Å²) in [7, 11) is 0. The van der Waals surface area contributed by atoms with Crippen LogP contribution in [-0.4, -0.2) is 32.0 Å². The van der Waals surface area contributed by atoms with Crippen molar-refractivity contribution in [3.63, 3.8) is 0 Å². The standard InChI is InChI=1S/2C14H7F5N4O/c2*15-7-8(16)10(18)13(11(19)9(7)17)23-14(24)22-6-3-1-2-5-12(6)21-4-20-5/h2*1-4H,(H,20,21)(H2,22,23,24). The van der Waals surface area contributed by atoms with Gasteiger partial charge in [0.15, 0.2) is 46.5 Å². The summed E-state index contributed by atoms with van der Waals surface area (Å²) in [6.07, 6.45) is 2.72. The normalized spacial score (nSPS) is 10.9. The second kappa shape index (κ2) is 13.2. The maximum absolute atomic E-state index is 13.5. The van der Waals surface area contributed by atoms with Crippen molar-refractivity contribution < 1.29 is 53.5 Å². The highest BCUT2D eigenvalue weighted by Crippen LogP contribution is 2.29. The first-order valence-corrected chi connectivity index (χ1v) is 12.8. The molecule has 6 N–H and O–H groups in total. The first-order chi connectivity index (χ1) is 22.8. The summed E-state index contributed by atoms with van der Waals surface area (Å²) in [5.41, 5.74) is -0.690. The molecule has 20 heteroatoms. The third-order valence-electron chi connectivity index (χ3n) is 6.29. The number of aromatic amines is 2. The number of nitrogens with zero attached hydrogens (tertiary/aromatic N) is 2. The highest BCUT2D eigenvalue weighted by molar-refractivity contribution is 6.05. The highest BCUT2D eigenvalue weighted by atomic mass is 19.2. The second-order valence-electron chi connectivity index (χ2n) is 9.26. The van der Waals surface area contributed by atoms with Gasteiger partial charge in [0, 0.05) is 0 Å². The number of amides is 4. The number of carbonyl (C=O) groups excluding carboxylic acids is 2. The van der Waals surface area contributed by atoms with Crippen molar-refractivity contribution in [1.82, 2.24) is 19.9 Å². The van der Waals surface area contributed by atoms with E-state index in [0.717, 1.165) is 0 Å². The molecule has 0 saturated carbocycles. The summed E-state index contributed by atoms with van der Waals surface area (Å²) in [5.74, 6) is -21.8. The number of halogens is 10. The number of carbonyl (C=O) groups is 2. The molecule has 6 aromatic rings. The van der Waals surface area contributed by atoms with E-state index in [9.17, 15) is 53.5 Å². The Morgan fingerprint density at radius 2 is 0.771 bits per heavy atom. The van der Waals surface area contributed by atoms with Gasteiger partial charge in [0.2, 0.25) is 11.6 Å². The molecule has 0 radical (unpaired) electrons. The lowest BCUT2D eigenvalue weighted by Crippen LogP contribution is -2.22. The van der Waals surface area contributed by atoms with Gasteiger partial charge in [-0.15, -0.1) is 0 Å². The topological polar surface area (TPSA) is 140 Å². The van der Waals surface area contributed by atoms with E-state index in [1.54, 1.807) is 34.9 Å². The molecule has 0 bridgehead atoms. The number of benzene rings is 4. The molecule has 6 rings (SSSR count). The lowest BCUT2D eigenvalue weighted by Gasteiger charge is -2.11. The predicted octanol–water partition coefficient (Wildman–Crippen LogP) is 7.80. The lowest BCUT2D eigenvalue weighted by molar-refractivity contribution is 0.261. The number of hydrogen-bond donors (Lipinski definition) is 6. The van der Waals surface area contributed by atoms with Crippen molar-refractivity contribution >= 4 is 56.9 Å². The van der Waals surface area contributed by atoms with E-state index in [-0.39, 0.29) is 11.4 Å². The number of hydrogen-bond acceptors (Lipinski definition) is 4. The number of anilines is 4. The molecular formula is C28H14F10N8O2. The van der Waals surface area contributed by atoms with Gasteiger partial charge in [0.25, 0.3) is 0 Å². The number of urea groups is 2. The molecule has 0 aliphatic heterocycles.